The van der Waals surface area contributed by atoms with E-state index in [9.17, 15) is 20.0 Å². The fraction of sp³-hybridized carbons (Fsp3) is 0.438. The van der Waals surface area contributed by atoms with Gasteiger partial charge in [-0.2, -0.15) is 10.2 Å². The number of carbonyl (C=O) groups is 2. The Morgan fingerprint density at radius 1 is 1.52 bits per heavy atom. The second-order valence-corrected chi connectivity index (χ2v) is 5.88. The van der Waals surface area contributed by atoms with Crippen LogP contribution in [-0.4, -0.2) is 38.2 Å². The maximum Gasteiger partial charge on any atom is 0.338 e. The Balaban J connectivity index is 2.67. The maximum absolute atomic E-state index is 12.5. The summed E-state index contributed by atoms with van der Waals surface area (Å²) in [5, 5.41) is 18.7. The molecule has 2 rings (SSSR count). The van der Waals surface area contributed by atoms with Gasteiger partial charge in [0, 0.05) is 6.20 Å². The minimum absolute atomic E-state index is 0.00578. The highest BCUT2D eigenvalue weighted by atomic mass is 16.4. The first-order valence-corrected chi connectivity index (χ1v) is 7.33. The second-order valence-electron chi connectivity index (χ2n) is 5.88. The Morgan fingerprint density at radius 3 is 2.65 bits per heavy atom. The van der Waals surface area contributed by atoms with E-state index < -0.39 is 17.4 Å². The third kappa shape index (κ3) is 2.57. The SMILES string of the molecule is CCc1cnc(C2=NC(C)(C(C)C)C(=O)N2C#N)c(C(=O)O)c1. The summed E-state index contributed by atoms with van der Waals surface area (Å²) in [7, 11) is 0. The Bertz CT molecular complexity index is 748. The molecule has 7 heteroatoms. The van der Waals surface area contributed by atoms with Crippen molar-refractivity contribution in [3.05, 3.63) is 29.1 Å². The fourth-order valence-electron chi connectivity index (χ4n) is 2.31. The molecule has 0 spiro atoms. The maximum atomic E-state index is 12.5. The van der Waals surface area contributed by atoms with Crippen molar-refractivity contribution in [1.82, 2.24) is 9.88 Å². The summed E-state index contributed by atoms with van der Waals surface area (Å²) in [6.45, 7) is 7.17. The Labute approximate surface area is 134 Å². The van der Waals surface area contributed by atoms with Crippen LogP contribution in [0.5, 0.6) is 0 Å². The fourth-order valence-corrected chi connectivity index (χ4v) is 2.31. The molecule has 0 saturated carbocycles. The molecule has 1 unspecified atom stereocenters. The highest BCUT2D eigenvalue weighted by molar-refractivity contribution is 6.18. The highest BCUT2D eigenvalue weighted by Gasteiger charge is 2.48. The molecule has 1 aromatic rings. The molecule has 2 heterocycles. The topological polar surface area (TPSA) is 107 Å². The third-order valence-corrected chi connectivity index (χ3v) is 4.21. The van der Waals surface area contributed by atoms with E-state index in [2.05, 4.69) is 9.98 Å². The number of aliphatic imine (C=N–C) groups is 1. The minimum Gasteiger partial charge on any atom is -0.478 e. The van der Waals surface area contributed by atoms with E-state index in [4.69, 9.17) is 0 Å². The summed E-state index contributed by atoms with van der Waals surface area (Å²) in [4.78, 5) is 33.4. The van der Waals surface area contributed by atoms with Gasteiger partial charge in [0.1, 0.15) is 11.2 Å². The van der Waals surface area contributed by atoms with Gasteiger partial charge in [0.05, 0.1) is 5.56 Å². The van der Waals surface area contributed by atoms with Crippen LogP contribution in [0.2, 0.25) is 0 Å². The molecule has 1 aliphatic rings. The number of carboxylic acids is 1. The number of carbonyl (C=O) groups excluding carboxylic acids is 1. The van der Waals surface area contributed by atoms with Gasteiger partial charge in [0.2, 0.25) is 0 Å². The first kappa shape index (κ1) is 16.6. The number of amidine groups is 1. The van der Waals surface area contributed by atoms with Crippen molar-refractivity contribution >= 4 is 17.7 Å². The lowest BCUT2D eigenvalue weighted by Crippen LogP contribution is -2.42. The smallest absolute Gasteiger partial charge is 0.338 e. The molecule has 1 aliphatic heterocycles. The predicted molar refractivity (Wildman–Crippen MR) is 82.8 cm³/mol. The number of pyridine rings is 1. The third-order valence-electron chi connectivity index (χ3n) is 4.21. The van der Waals surface area contributed by atoms with Crippen molar-refractivity contribution in [3.63, 3.8) is 0 Å². The molecule has 1 aromatic heterocycles. The summed E-state index contributed by atoms with van der Waals surface area (Å²) in [5.74, 6) is -1.79. The number of rotatable bonds is 4. The molecule has 1 atom stereocenters. The lowest BCUT2D eigenvalue weighted by atomic mass is 9.89. The van der Waals surface area contributed by atoms with Crippen molar-refractivity contribution < 1.29 is 14.7 Å². The Kier molecular flexibility index (Phi) is 4.19. The molecule has 0 saturated heterocycles. The number of aromatic nitrogens is 1. The number of aryl methyl sites for hydroxylation is 1. The number of amides is 1. The number of nitrogens with zero attached hydrogens (tertiary/aromatic N) is 4. The molecular weight excluding hydrogens is 296 g/mol. The van der Waals surface area contributed by atoms with E-state index in [0.29, 0.717) is 6.42 Å². The summed E-state index contributed by atoms with van der Waals surface area (Å²) in [5.41, 5.74) is -0.379. The molecule has 1 amide bonds. The van der Waals surface area contributed by atoms with E-state index in [1.165, 1.54) is 12.3 Å². The van der Waals surface area contributed by atoms with Gasteiger partial charge in [0.25, 0.3) is 5.91 Å². The average molecular weight is 314 g/mol. The first-order chi connectivity index (χ1) is 10.8. The molecular formula is C16H18N4O3. The van der Waals surface area contributed by atoms with Crippen molar-refractivity contribution in [3.8, 4) is 6.19 Å². The van der Waals surface area contributed by atoms with Gasteiger partial charge in [0.15, 0.2) is 12.0 Å². The summed E-state index contributed by atoms with van der Waals surface area (Å²) in [6.07, 6.45) is 3.95. The van der Waals surface area contributed by atoms with Crippen LogP contribution in [0.4, 0.5) is 0 Å². The van der Waals surface area contributed by atoms with E-state index >= 15 is 0 Å². The van der Waals surface area contributed by atoms with Gasteiger partial charge in [-0.25, -0.2) is 9.79 Å². The quantitative estimate of drug-likeness (QED) is 0.853. The normalized spacial score (nSPS) is 20.6. The van der Waals surface area contributed by atoms with Crippen molar-refractivity contribution in [2.24, 2.45) is 10.9 Å². The molecule has 1 N–H and O–H groups in total. The summed E-state index contributed by atoms with van der Waals surface area (Å²) < 4.78 is 0. The molecule has 0 radical (unpaired) electrons. The summed E-state index contributed by atoms with van der Waals surface area (Å²) in [6, 6.07) is 1.50. The van der Waals surface area contributed by atoms with Crippen LogP contribution < -0.4 is 0 Å². The largest absolute Gasteiger partial charge is 0.478 e. The van der Waals surface area contributed by atoms with Gasteiger partial charge in [-0.3, -0.25) is 9.78 Å². The van der Waals surface area contributed by atoms with Crippen molar-refractivity contribution in [2.75, 3.05) is 0 Å². The number of hydrogen-bond donors (Lipinski definition) is 1. The van der Waals surface area contributed by atoms with Crippen molar-refractivity contribution in [1.29, 1.82) is 5.26 Å². The minimum atomic E-state index is -1.17. The average Bonchev–Trinajstić information content (AvgIpc) is 2.79. The second kappa shape index (κ2) is 5.80. The zero-order chi connectivity index (χ0) is 17.4. The number of hydrogen-bond acceptors (Lipinski definition) is 5. The Hall–Kier alpha value is -2.75. The lowest BCUT2D eigenvalue weighted by molar-refractivity contribution is -0.129. The highest BCUT2D eigenvalue weighted by Crippen LogP contribution is 2.32. The number of aromatic carboxylic acids is 1. The van der Waals surface area contributed by atoms with Crippen LogP contribution in [0.3, 0.4) is 0 Å². The van der Waals surface area contributed by atoms with Gasteiger partial charge < -0.3 is 5.11 Å². The van der Waals surface area contributed by atoms with Crippen LogP contribution in [0.1, 0.15) is 49.3 Å². The molecule has 0 aromatic carbocycles. The molecule has 0 bridgehead atoms. The van der Waals surface area contributed by atoms with Gasteiger partial charge in [-0.05, 0) is 30.9 Å². The van der Waals surface area contributed by atoms with E-state index in [1.54, 1.807) is 13.1 Å². The van der Waals surface area contributed by atoms with Crippen LogP contribution in [-0.2, 0) is 11.2 Å². The van der Waals surface area contributed by atoms with Crippen LogP contribution >= 0.6 is 0 Å². The van der Waals surface area contributed by atoms with Crippen LogP contribution in [0.25, 0.3) is 0 Å². The number of carboxylic acid groups (broad SMARTS) is 1. The van der Waals surface area contributed by atoms with Gasteiger partial charge >= 0.3 is 5.97 Å². The van der Waals surface area contributed by atoms with Crippen LogP contribution in [0.15, 0.2) is 17.3 Å². The first-order valence-electron chi connectivity index (χ1n) is 7.33. The van der Waals surface area contributed by atoms with Gasteiger partial charge in [-0.1, -0.05) is 20.8 Å². The van der Waals surface area contributed by atoms with E-state index in [-0.39, 0.29) is 23.0 Å². The monoisotopic (exact) mass is 314 g/mol. The van der Waals surface area contributed by atoms with Gasteiger partial charge in [-0.15, -0.1) is 0 Å². The molecule has 0 aliphatic carbocycles. The zero-order valence-corrected chi connectivity index (χ0v) is 13.5. The predicted octanol–water partition coefficient (Wildman–Crippen LogP) is 1.83. The molecule has 0 fully saturated rings. The van der Waals surface area contributed by atoms with E-state index in [0.717, 1.165) is 10.5 Å². The standard InChI is InChI=1S/C16H18N4O3/c1-5-10-6-11(14(21)22)12(18-7-10)13-19-16(4,9(2)3)15(23)20(13)8-17/h6-7,9H,5H2,1-4H3,(H,21,22). The lowest BCUT2D eigenvalue weighted by Gasteiger charge is -2.22. The Morgan fingerprint density at radius 2 is 2.17 bits per heavy atom. The summed E-state index contributed by atoms with van der Waals surface area (Å²) >= 11 is 0. The number of nitriles is 1. The van der Waals surface area contributed by atoms with Crippen molar-refractivity contribution in [2.45, 2.75) is 39.7 Å². The van der Waals surface area contributed by atoms with E-state index in [1.807, 2.05) is 20.8 Å². The van der Waals surface area contributed by atoms with Crippen LogP contribution in [0, 0.1) is 17.4 Å². The molecule has 120 valence electrons. The molecule has 23 heavy (non-hydrogen) atoms. The molecule has 7 nitrogen and oxygen atoms in total. The zero-order valence-electron chi connectivity index (χ0n) is 13.5.